The fourth-order valence-corrected chi connectivity index (χ4v) is 3.14. The second-order valence-electron chi connectivity index (χ2n) is 3.96. The Hall–Kier alpha value is 0.620. The van der Waals surface area contributed by atoms with Gasteiger partial charge in [-0.05, 0) is 54.1 Å². The molecule has 0 atom stereocenters. The summed E-state index contributed by atoms with van der Waals surface area (Å²) in [4.78, 5) is 4.49. The molecule has 0 radical (unpaired) electrons. The van der Waals surface area contributed by atoms with Crippen molar-refractivity contribution >= 4 is 21.6 Å². The van der Waals surface area contributed by atoms with Crippen molar-refractivity contribution in [2.45, 2.75) is 12.8 Å². The molecular weight excluding hydrogens is 212 g/mol. The Morgan fingerprint density at radius 2 is 1.07 bits per heavy atom. The molecular formula is C10H24N2S2. The summed E-state index contributed by atoms with van der Waals surface area (Å²) in [6.07, 6.45) is 2.61. The lowest BCUT2D eigenvalue weighted by molar-refractivity contribution is 0.410. The summed E-state index contributed by atoms with van der Waals surface area (Å²) in [5.41, 5.74) is 0. The fraction of sp³-hybridized carbons (Fsp3) is 1.00. The van der Waals surface area contributed by atoms with Gasteiger partial charge < -0.3 is 9.80 Å². The first-order valence-corrected chi connectivity index (χ1v) is 7.65. The minimum Gasteiger partial charge on any atom is -0.309 e. The van der Waals surface area contributed by atoms with Crippen molar-refractivity contribution in [2.75, 3.05) is 52.8 Å². The highest BCUT2D eigenvalue weighted by Crippen LogP contribution is 2.22. The monoisotopic (exact) mass is 236 g/mol. The highest BCUT2D eigenvalue weighted by molar-refractivity contribution is 8.76. The molecule has 0 heterocycles. The maximum Gasteiger partial charge on any atom is 0.00491 e. The summed E-state index contributed by atoms with van der Waals surface area (Å²) in [7, 11) is 12.6. The van der Waals surface area contributed by atoms with Crippen LogP contribution in [-0.4, -0.2) is 62.6 Å². The lowest BCUT2D eigenvalue weighted by Crippen LogP contribution is -2.13. The summed E-state index contributed by atoms with van der Waals surface area (Å²) < 4.78 is 0. The third kappa shape index (κ3) is 12.6. The van der Waals surface area contributed by atoms with Gasteiger partial charge in [0.2, 0.25) is 0 Å². The summed E-state index contributed by atoms with van der Waals surface area (Å²) in [6, 6.07) is 0. The number of hydrogen-bond acceptors (Lipinski definition) is 4. The quantitative estimate of drug-likeness (QED) is 0.447. The molecule has 0 aliphatic heterocycles. The zero-order valence-corrected chi connectivity index (χ0v) is 11.6. The predicted octanol–water partition coefficient (Wildman–Crippen LogP) is 2.27. The third-order valence-corrected chi connectivity index (χ3v) is 4.33. The second kappa shape index (κ2) is 10.1. The van der Waals surface area contributed by atoms with Crippen molar-refractivity contribution in [3.05, 3.63) is 0 Å². The molecule has 0 amide bonds. The average Bonchev–Trinajstić information content (AvgIpc) is 2.08. The van der Waals surface area contributed by atoms with Gasteiger partial charge in [0, 0.05) is 11.5 Å². The molecule has 0 aromatic rings. The standard InChI is InChI=1S/C10H24N2S2/c1-11(2)7-5-9-13-14-10-6-8-12(3)4/h5-10H2,1-4H3. The van der Waals surface area contributed by atoms with Crippen molar-refractivity contribution in [1.82, 2.24) is 9.80 Å². The number of nitrogens with zero attached hydrogens (tertiary/aromatic N) is 2. The van der Waals surface area contributed by atoms with Crippen LogP contribution in [0.5, 0.6) is 0 Å². The van der Waals surface area contributed by atoms with Gasteiger partial charge >= 0.3 is 0 Å². The molecule has 2 nitrogen and oxygen atoms in total. The summed E-state index contributed by atoms with van der Waals surface area (Å²) >= 11 is 0. The van der Waals surface area contributed by atoms with Gasteiger partial charge in [0.05, 0.1) is 0 Å². The van der Waals surface area contributed by atoms with Gasteiger partial charge in [0.25, 0.3) is 0 Å². The molecule has 0 bridgehead atoms. The van der Waals surface area contributed by atoms with Crippen LogP contribution in [0.1, 0.15) is 12.8 Å². The zero-order valence-electron chi connectivity index (χ0n) is 9.95. The van der Waals surface area contributed by atoms with Gasteiger partial charge in [-0.2, -0.15) is 0 Å². The van der Waals surface area contributed by atoms with E-state index in [1.807, 2.05) is 21.6 Å². The van der Waals surface area contributed by atoms with Crippen LogP contribution < -0.4 is 0 Å². The van der Waals surface area contributed by atoms with Gasteiger partial charge in [-0.3, -0.25) is 0 Å². The van der Waals surface area contributed by atoms with Crippen molar-refractivity contribution in [3.8, 4) is 0 Å². The van der Waals surface area contributed by atoms with Crippen LogP contribution >= 0.6 is 21.6 Å². The molecule has 0 aliphatic rings. The SMILES string of the molecule is CN(C)CCCSSCCCN(C)C. The van der Waals surface area contributed by atoms with E-state index >= 15 is 0 Å². The molecule has 0 aromatic carbocycles. The minimum absolute atomic E-state index is 1.21. The van der Waals surface area contributed by atoms with Crippen LogP contribution in [-0.2, 0) is 0 Å². The van der Waals surface area contributed by atoms with E-state index in [2.05, 4.69) is 38.0 Å². The Labute approximate surface area is 97.2 Å². The van der Waals surface area contributed by atoms with E-state index in [4.69, 9.17) is 0 Å². The van der Waals surface area contributed by atoms with Crippen molar-refractivity contribution in [2.24, 2.45) is 0 Å². The van der Waals surface area contributed by atoms with E-state index in [-0.39, 0.29) is 0 Å². The van der Waals surface area contributed by atoms with Crippen LogP contribution in [0, 0.1) is 0 Å². The smallest absolute Gasteiger partial charge is 0.00491 e. The van der Waals surface area contributed by atoms with Gasteiger partial charge in [0.1, 0.15) is 0 Å². The highest BCUT2D eigenvalue weighted by atomic mass is 33.1. The van der Waals surface area contributed by atoms with Crippen molar-refractivity contribution in [1.29, 1.82) is 0 Å². The predicted molar refractivity (Wildman–Crippen MR) is 71.3 cm³/mol. The van der Waals surface area contributed by atoms with Crippen molar-refractivity contribution < 1.29 is 0 Å². The van der Waals surface area contributed by atoms with E-state index in [9.17, 15) is 0 Å². The van der Waals surface area contributed by atoms with E-state index in [1.54, 1.807) is 0 Å². The molecule has 0 aromatic heterocycles. The molecule has 86 valence electrons. The Morgan fingerprint density at radius 1 is 0.714 bits per heavy atom. The molecule has 0 unspecified atom stereocenters. The third-order valence-electron chi connectivity index (χ3n) is 1.75. The van der Waals surface area contributed by atoms with Crippen LogP contribution in [0.25, 0.3) is 0 Å². The Bertz CT molecular complexity index is 105. The van der Waals surface area contributed by atoms with E-state index < -0.39 is 0 Å². The Morgan fingerprint density at radius 3 is 1.36 bits per heavy atom. The van der Waals surface area contributed by atoms with Crippen LogP contribution in [0.3, 0.4) is 0 Å². The van der Waals surface area contributed by atoms with Gasteiger partial charge in [0.15, 0.2) is 0 Å². The van der Waals surface area contributed by atoms with E-state index in [0.29, 0.717) is 0 Å². The molecule has 0 spiro atoms. The minimum atomic E-state index is 1.21. The fourth-order valence-electron chi connectivity index (χ4n) is 0.997. The molecule has 0 saturated heterocycles. The Kier molecular flexibility index (Phi) is 10.6. The molecule has 0 rings (SSSR count). The maximum atomic E-state index is 2.25. The molecule has 0 saturated carbocycles. The zero-order chi connectivity index (χ0) is 10.8. The largest absolute Gasteiger partial charge is 0.309 e. The topological polar surface area (TPSA) is 6.48 Å². The summed E-state index contributed by atoms with van der Waals surface area (Å²) in [6.45, 7) is 2.43. The summed E-state index contributed by atoms with van der Waals surface area (Å²) in [5.74, 6) is 2.57. The van der Waals surface area contributed by atoms with Crippen molar-refractivity contribution in [3.63, 3.8) is 0 Å². The van der Waals surface area contributed by atoms with Crippen LogP contribution in [0.15, 0.2) is 0 Å². The number of rotatable bonds is 9. The normalized spacial score (nSPS) is 11.6. The van der Waals surface area contributed by atoms with Gasteiger partial charge in [-0.1, -0.05) is 21.6 Å². The Balaban J connectivity index is 2.92. The van der Waals surface area contributed by atoms with E-state index in [0.717, 1.165) is 0 Å². The first-order chi connectivity index (χ1) is 6.63. The molecule has 0 fully saturated rings. The average molecular weight is 236 g/mol. The maximum absolute atomic E-state index is 2.25. The van der Waals surface area contributed by atoms with Gasteiger partial charge in [-0.25, -0.2) is 0 Å². The lowest BCUT2D eigenvalue weighted by atomic mass is 10.5. The van der Waals surface area contributed by atoms with Gasteiger partial charge in [-0.15, -0.1) is 0 Å². The molecule has 14 heavy (non-hydrogen) atoms. The van der Waals surface area contributed by atoms with Crippen LogP contribution in [0.2, 0.25) is 0 Å². The summed E-state index contributed by atoms with van der Waals surface area (Å²) in [5, 5.41) is 0. The highest BCUT2D eigenvalue weighted by Gasteiger charge is 1.94. The first-order valence-electron chi connectivity index (χ1n) is 5.17. The molecule has 0 N–H and O–H groups in total. The van der Waals surface area contributed by atoms with E-state index in [1.165, 1.54) is 37.4 Å². The number of hydrogen-bond donors (Lipinski definition) is 0. The van der Waals surface area contributed by atoms with Crippen LogP contribution in [0.4, 0.5) is 0 Å². The molecule has 0 aliphatic carbocycles. The lowest BCUT2D eigenvalue weighted by Gasteiger charge is -2.09. The molecule has 4 heteroatoms. The second-order valence-corrected chi connectivity index (χ2v) is 6.66. The first kappa shape index (κ1) is 14.6.